The molecule has 0 amide bonds. The summed E-state index contributed by atoms with van der Waals surface area (Å²) >= 11 is 1.62. The number of nitrogens with zero attached hydrogens (tertiary/aromatic N) is 3. The minimum Gasteiger partial charge on any atom is -0.365 e. The number of anilines is 1. The number of allylic oxidation sites excluding steroid dienone is 4. The highest BCUT2D eigenvalue weighted by molar-refractivity contribution is 7.12. The molecule has 0 spiro atoms. The molecule has 0 aliphatic carbocycles. The molecule has 2 rings (SSSR count). The van der Waals surface area contributed by atoms with Gasteiger partial charge in [0.1, 0.15) is 17.2 Å². The number of aryl methyl sites for hydroxylation is 1. The summed E-state index contributed by atoms with van der Waals surface area (Å²) in [6, 6.07) is 0. The van der Waals surface area contributed by atoms with Crippen molar-refractivity contribution >= 4 is 34.9 Å². The van der Waals surface area contributed by atoms with Gasteiger partial charge in [0.05, 0.1) is 5.35 Å². The predicted molar refractivity (Wildman–Crippen MR) is 134 cm³/mol. The summed E-state index contributed by atoms with van der Waals surface area (Å²) in [6.07, 6.45) is 14.7. The van der Waals surface area contributed by atoms with Crippen molar-refractivity contribution in [3.8, 4) is 0 Å². The first-order valence-corrected chi connectivity index (χ1v) is 11.1. The fourth-order valence-corrected chi connectivity index (χ4v) is 3.26. The normalized spacial score (nSPS) is 12.7. The zero-order valence-electron chi connectivity index (χ0n) is 19.1. The Morgan fingerprint density at radius 3 is 2.50 bits per heavy atom. The van der Waals surface area contributed by atoms with Crippen LogP contribution in [-0.4, -0.2) is 21.5 Å². The van der Waals surface area contributed by atoms with Gasteiger partial charge in [-0.1, -0.05) is 63.8 Å². The van der Waals surface area contributed by atoms with E-state index in [9.17, 15) is 0 Å². The molecule has 0 unspecified atom stereocenters. The first kappa shape index (κ1) is 25.2. The molecule has 0 aliphatic rings. The fraction of sp³-hybridized carbons (Fsp3) is 0.320. The molecule has 0 bridgehead atoms. The lowest BCUT2D eigenvalue weighted by molar-refractivity contribution is 1.08. The lowest BCUT2D eigenvalue weighted by Gasteiger charge is -2.07. The van der Waals surface area contributed by atoms with Crippen LogP contribution in [0, 0.1) is 6.92 Å². The van der Waals surface area contributed by atoms with E-state index < -0.39 is 0 Å². The minimum absolute atomic E-state index is 0.597. The van der Waals surface area contributed by atoms with E-state index in [4.69, 9.17) is 0 Å². The number of thiazole rings is 1. The van der Waals surface area contributed by atoms with Crippen molar-refractivity contribution < 1.29 is 0 Å². The largest absolute Gasteiger partial charge is 0.365 e. The van der Waals surface area contributed by atoms with Gasteiger partial charge < -0.3 is 5.32 Å². The topological polar surface area (TPSA) is 50.7 Å². The second kappa shape index (κ2) is 13.4. The lowest BCUT2D eigenvalue weighted by atomic mass is 10.2. The van der Waals surface area contributed by atoms with Gasteiger partial charge in [0, 0.05) is 28.4 Å². The van der Waals surface area contributed by atoms with Crippen molar-refractivity contribution in [2.75, 3.05) is 11.9 Å². The maximum atomic E-state index is 4.43. The highest BCUT2D eigenvalue weighted by Gasteiger charge is 2.04. The molecule has 5 heteroatoms. The van der Waals surface area contributed by atoms with Gasteiger partial charge in [-0.25, -0.2) is 15.0 Å². The maximum Gasteiger partial charge on any atom is 0.137 e. The average molecular weight is 423 g/mol. The van der Waals surface area contributed by atoms with Crippen LogP contribution < -0.4 is 15.9 Å². The van der Waals surface area contributed by atoms with Crippen molar-refractivity contribution in [3.63, 3.8) is 0 Å². The summed E-state index contributed by atoms with van der Waals surface area (Å²) in [5, 5.41) is 6.04. The van der Waals surface area contributed by atoms with E-state index in [1.165, 1.54) is 5.57 Å². The molecule has 30 heavy (non-hydrogen) atoms. The zero-order chi connectivity index (χ0) is 22.5. The highest BCUT2D eigenvalue weighted by Crippen LogP contribution is 2.20. The van der Waals surface area contributed by atoms with E-state index in [1.807, 2.05) is 52.1 Å². The molecule has 160 valence electrons. The van der Waals surface area contributed by atoms with Crippen LogP contribution in [0.5, 0.6) is 0 Å². The van der Waals surface area contributed by atoms with E-state index in [1.54, 1.807) is 17.7 Å². The van der Waals surface area contributed by atoms with Crippen molar-refractivity contribution in [2.24, 2.45) is 0 Å². The molecule has 0 aromatic carbocycles. The standard InChI is InChI=1S/C23H28N4S.C2H6/c1-7-9-16(3)10-11-17(4)13-24-22-20(21(8-2)26-15-27-22)12-18(5)23-25-14-19(6)28-23;1-2/h8-12,14-15H,4-5,7,13H2,1-3,6H3,(H,24,26,27);1-2H3/b11-10-,16-9+,20-12+,21-8+;. The van der Waals surface area contributed by atoms with Crippen molar-refractivity contribution in [3.05, 3.63) is 75.5 Å². The molecule has 0 saturated carbocycles. The van der Waals surface area contributed by atoms with Crippen LogP contribution in [0.3, 0.4) is 0 Å². The summed E-state index contributed by atoms with van der Waals surface area (Å²) in [4.78, 5) is 14.4. The Labute approximate surface area is 185 Å². The fourth-order valence-electron chi connectivity index (χ4n) is 2.56. The van der Waals surface area contributed by atoms with Gasteiger partial charge in [0.15, 0.2) is 0 Å². The monoisotopic (exact) mass is 422 g/mol. The predicted octanol–water partition coefficient (Wildman–Crippen LogP) is 5.44. The van der Waals surface area contributed by atoms with Gasteiger partial charge in [0.2, 0.25) is 0 Å². The third-order valence-electron chi connectivity index (χ3n) is 3.99. The average Bonchev–Trinajstić information content (AvgIpc) is 3.19. The van der Waals surface area contributed by atoms with Crippen LogP contribution >= 0.6 is 11.3 Å². The van der Waals surface area contributed by atoms with E-state index >= 15 is 0 Å². The van der Waals surface area contributed by atoms with Crippen LogP contribution in [0.1, 0.15) is 50.9 Å². The number of rotatable bonds is 8. The van der Waals surface area contributed by atoms with E-state index in [0.29, 0.717) is 6.54 Å². The van der Waals surface area contributed by atoms with Gasteiger partial charge in [-0.15, -0.1) is 11.3 Å². The van der Waals surface area contributed by atoms with Crippen molar-refractivity contribution in [1.82, 2.24) is 15.0 Å². The van der Waals surface area contributed by atoms with Crippen LogP contribution in [0.15, 0.2) is 55.1 Å². The molecular formula is C25H34N4S. The Morgan fingerprint density at radius 2 is 1.90 bits per heavy atom. The quantitative estimate of drug-likeness (QED) is 0.575. The number of nitrogens with one attached hydrogen (secondary N) is 1. The number of hydrogen-bond acceptors (Lipinski definition) is 5. The Bertz CT molecular complexity index is 1030. The number of hydrogen-bond donors (Lipinski definition) is 1. The molecule has 1 N–H and O–H groups in total. The second-order valence-corrected chi connectivity index (χ2v) is 7.69. The Kier molecular flexibility index (Phi) is 11.3. The summed E-state index contributed by atoms with van der Waals surface area (Å²) in [5.74, 6) is 0.757. The van der Waals surface area contributed by atoms with Gasteiger partial charge in [-0.05, 0) is 38.8 Å². The molecule has 2 aromatic rings. The molecule has 0 aliphatic heterocycles. The molecule has 0 atom stereocenters. The van der Waals surface area contributed by atoms with Crippen LogP contribution in [0.4, 0.5) is 5.82 Å². The highest BCUT2D eigenvalue weighted by atomic mass is 32.1. The van der Waals surface area contributed by atoms with Crippen LogP contribution in [0.2, 0.25) is 0 Å². The van der Waals surface area contributed by atoms with Crippen molar-refractivity contribution in [2.45, 2.75) is 48.0 Å². The second-order valence-electron chi connectivity index (χ2n) is 6.46. The number of aromatic nitrogens is 3. The molecule has 0 fully saturated rings. The summed E-state index contributed by atoms with van der Waals surface area (Å²) in [7, 11) is 0. The van der Waals surface area contributed by atoms with Gasteiger partial charge in [-0.2, -0.15) is 0 Å². The Balaban J connectivity index is 0.00000218. The smallest absolute Gasteiger partial charge is 0.137 e. The molecule has 4 nitrogen and oxygen atoms in total. The Morgan fingerprint density at radius 1 is 1.17 bits per heavy atom. The third kappa shape index (κ3) is 7.91. The maximum absolute atomic E-state index is 4.43. The molecule has 2 aromatic heterocycles. The molecular weight excluding hydrogens is 388 g/mol. The summed E-state index contributed by atoms with van der Waals surface area (Å²) in [5.41, 5.74) is 3.06. The van der Waals surface area contributed by atoms with Crippen LogP contribution in [0.25, 0.3) is 17.7 Å². The third-order valence-corrected chi connectivity index (χ3v) is 4.98. The molecule has 0 saturated heterocycles. The van der Waals surface area contributed by atoms with Gasteiger partial charge >= 0.3 is 0 Å². The molecule has 2 heterocycles. The molecule has 0 radical (unpaired) electrons. The van der Waals surface area contributed by atoms with E-state index in [2.05, 4.69) is 59.4 Å². The van der Waals surface area contributed by atoms with Gasteiger partial charge in [0.25, 0.3) is 0 Å². The summed E-state index contributed by atoms with van der Waals surface area (Å²) in [6.45, 7) is 21.1. The van der Waals surface area contributed by atoms with E-state index in [-0.39, 0.29) is 0 Å². The van der Waals surface area contributed by atoms with E-state index in [0.717, 1.165) is 43.8 Å². The van der Waals surface area contributed by atoms with Crippen molar-refractivity contribution in [1.29, 1.82) is 0 Å². The van der Waals surface area contributed by atoms with Crippen LogP contribution in [-0.2, 0) is 0 Å². The lowest BCUT2D eigenvalue weighted by Crippen LogP contribution is -2.32. The zero-order valence-corrected chi connectivity index (χ0v) is 19.9. The first-order chi connectivity index (χ1) is 14.4. The SMILES string of the molecule is C=C(/C=C\C(C)=C\CC)CNc1ncnc(=C/C)/c1=C\C(=C)c1ncc(C)s1.CC. The summed E-state index contributed by atoms with van der Waals surface area (Å²) < 4.78 is 0. The first-order valence-electron chi connectivity index (χ1n) is 10.3. The Hall–Kier alpha value is -2.79. The van der Waals surface area contributed by atoms with Gasteiger partial charge in [-0.3, -0.25) is 0 Å². The minimum atomic E-state index is 0.597.